The third kappa shape index (κ3) is 4.58. The average Bonchev–Trinajstić information content (AvgIpc) is 2.82. The highest BCUT2D eigenvalue weighted by molar-refractivity contribution is 6.30. The van der Waals surface area contributed by atoms with Gasteiger partial charge in [0.25, 0.3) is 0 Å². The molecular formula is C14H19ClN2O3. The summed E-state index contributed by atoms with van der Waals surface area (Å²) in [7, 11) is 2.00. The Morgan fingerprint density at radius 3 is 3.00 bits per heavy atom. The largest absolute Gasteiger partial charge is 0.492 e. The van der Waals surface area contributed by atoms with Crippen molar-refractivity contribution < 1.29 is 14.3 Å². The number of nitrogens with zero attached hydrogens (tertiary/aromatic N) is 2. The number of hydrogen-bond donors (Lipinski definition) is 0. The van der Waals surface area contributed by atoms with Gasteiger partial charge in [-0.25, -0.2) is 4.79 Å². The van der Waals surface area contributed by atoms with Crippen molar-refractivity contribution in [3.8, 4) is 5.75 Å². The first-order chi connectivity index (χ1) is 9.65. The van der Waals surface area contributed by atoms with Gasteiger partial charge in [0.05, 0.1) is 6.54 Å². The van der Waals surface area contributed by atoms with Crippen molar-refractivity contribution in [1.82, 2.24) is 9.80 Å². The van der Waals surface area contributed by atoms with E-state index < -0.39 is 0 Å². The van der Waals surface area contributed by atoms with Gasteiger partial charge in [-0.15, -0.1) is 0 Å². The van der Waals surface area contributed by atoms with Crippen LogP contribution in [0.2, 0.25) is 5.02 Å². The standard InChI is InChI=1S/C14H19ClN2O3/c1-16(5-6-17-8-10-20-14(17)18)7-9-19-13-4-2-3-12(15)11-13/h2-4,11H,5-10H2,1H3. The minimum Gasteiger partial charge on any atom is -0.492 e. The van der Waals surface area contributed by atoms with Gasteiger partial charge in [-0.3, -0.25) is 0 Å². The fourth-order valence-electron chi connectivity index (χ4n) is 1.91. The van der Waals surface area contributed by atoms with E-state index in [9.17, 15) is 4.79 Å². The SMILES string of the molecule is CN(CCOc1cccc(Cl)c1)CCN1CCOC1=O. The molecule has 0 saturated carbocycles. The van der Waals surface area contributed by atoms with Crippen molar-refractivity contribution in [2.45, 2.75) is 0 Å². The highest BCUT2D eigenvalue weighted by Crippen LogP contribution is 2.16. The molecule has 0 aliphatic carbocycles. The third-order valence-electron chi connectivity index (χ3n) is 3.13. The smallest absolute Gasteiger partial charge is 0.409 e. The van der Waals surface area contributed by atoms with Crippen molar-refractivity contribution in [2.24, 2.45) is 0 Å². The van der Waals surface area contributed by atoms with Crippen molar-refractivity contribution in [2.75, 3.05) is 46.4 Å². The first kappa shape index (κ1) is 14.9. The summed E-state index contributed by atoms with van der Waals surface area (Å²) in [5, 5.41) is 0.670. The number of ether oxygens (including phenoxy) is 2. The van der Waals surface area contributed by atoms with Crippen molar-refractivity contribution in [1.29, 1.82) is 0 Å². The molecule has 0 atom stereocenters. The highest BCUT2D eigenvalue weighted by Gasteiger charge is 2.21. The Morgan fingerprint density at radius 2 is 2.30 bits per heavy atom. The van der Waals surface area contributed by atoms with Crippen LogP contribution in [0.25, 0.3) is 0 Å². The summed E-state index contributed by atoms with van der Waals surface area (Å²) in [5.41, 5.74) is 0. The lowest BCUT2D eigenvalue weighted by Crippen LogP contribution is -2.35. The summed E-state index contributed by atoms with van der Waals surface area (Å²) in [6, 6.07) is 7.35. The molecule has 20 heavy (non-hydrogen) atoms. The van der Waals surface area contributed by atoms with Crippen LogP contribution in [0, 0.1) is 0 Å². The van der Waals surface area contributed by atoms with Gasteiger partial charge in [0.1, 0.15) is 19.0 Å². The number of carbonyl (C=O) groups is 1. The minimum absolute atomic E-state index is 0.214. The van der Waals surface area contributed by atoms with Gasteiger partial charge in [0.2, 0.25) is 0 Å². The van der Waals surface area contributed by atoms with Gasteiger partial charge < -0.3 is 19.3 Å². The second-order valence-corrected chi connectivity index (χ2v) is 5.15. The topological polar surface area (TPSA) is 42.0 Å². The summed E-state index contributed by atoms with van der Waals surface area (Å²) in [6.45, 7) is 4.04. The van der Waals surface area contributed by atoms with E-state index >= 15 is 0 Å². The molecule has 1 aromatic rings. The van der Waals surface area contributed by atoms with Gasteiger partial charge in [0, 0.05) is 24.7 Å². The summed E-state index contributed by atoms with van der Waals surface area (Å²) < 4.78 is 10.5. The first-order valence-corrected chi connectivity index (χ1v) is 7.01. The molecule has 0 bridgehead atoms. The van der Waals surface area contributed by atoms with Gasteiger partial charge in [-0.1, -0.05) is 17.7 Å². The number of benzene rings is 1. The summed E-state index contributed by atoms with van der Waals surface area (Å²) in [5.74, 6) is 0.772. The van der Waals surface area contributed by atoms with E-state index in [1.54, 1.807) is 11.0 Å². The molecule has 1 fully saturated rings. The molecule has 110 valence electrons. The number of cyclic esters (lactones) is 1. The van der Waals surface area contributed by atoms with E-state index in [1.165, 1.54) is 0 Å². The molecule has 6 heteroatoms. The monoisotopic (exact) mass is 298 g/mol. The fraction of sp³-hybridized carbons (Fsp3) is 0.500. The van der Waals surface area contributed by atoms with E-state index in [2.05, 4.69) is 4.90 Å². The molecule has 1 saturated heterocycles. The van der Waals surface area contributed by atoms with Crippen LogP contribution in [0.3, 0.4) is 0 Å². The molecule has 0 N–H and O–H groups in total. The maximum Gasteiger partial charge on any atom is 0.409 e. The predicted octanol–water partition coefficient (Wildman–Crippen LogP) is 2.10. The number of carbonyl (C=O) groups excluding carboxylic acids is 1. The zero-order chi connectivity index (χ0) is 14.4. The first-order valence-electron chi connectivity index (χ1n) is 6.64. The van der Waals surface area contributed by atoms with Crippen molar-refractivity contribution in [3.63, 3.8) is 0 Å². The maximum atomic E-state index is 11.3. The average molecular weight is 299 g/mol. The molecule has 1 heterocycles. The van der Waals surface area contributed by atoms with Crippen LogP contribution < -0.4 is 4.74 Å². The van der Waals surface area contributed by atoms with E-state index in [0.717, 1.165) is 18.8 Å². The molecule has 0 spiro atoms. The van der Waals surface area contributed by atoms with Crippen LogP contribution >= 0.6 is 11.6 Å². The van der Waals surface area contributed by atoms with Gasteiger partial charge in [-0.05, 0) is 25.2 Å². The number of amides is 1. The molecule has 1 amide bonds. The van der Waals surface area contributed by atoms with Crippen LogP contribution in [0.15, 0.2) is 24.3 Å². The van der Waals surface area contributed by atoms with Crippen molar-refractivity contribution in [3.05, 3.63) is 29.3 Å². The normalized spacial score (nSPS) is 14.8. The van der Waals surface area contributed by atoms with Crippen LogP contribution in [-0.2, 0) is 4.74 Å². The van der Waals surface area contributed by atoms with Crippen LogP contribution in [0.1, 0.15) is 0 Å². The Balaban J connectivity index is 1.62. The number of hydrogen-bond acceptors (Lipinski definition) is 4. The molecule has 1 aromatic carbocycles. The van der Waals surface area contributed by atoms with E-state index in [1.807, 2.05) is 25.2 Å². The lowest BCUT2D eigenvalue weighted by atomic mass is 10.3. The number of halogens is 1. The number of likely N-dealkylation sites (N-methyl/N-ethyl adjacent to an activating group) is 1. The third-order valence-corrected chi connectivity index (χ3v) is 3.37. The quantitative estimate of drug-likeness (QED) is 0.773. The predicted molar refractivity (Wildman–Crippen MR) is 77.4 cm³/mol. The molecule has 0 unspecified atom stereocenters. The van der Waals surface area contributed by atoms with Gasteiger partial charge >= 0.3 is 6.09 Å². The van der Waals surface area contributed by atoms with E-state index in [4.69, 9.17) is 21.1 Å². The van der Waals surface area contributed by atoms with Crippen LogP contribution in [0.5, 0.6) is 5.75 Å². The van der Waals surface area contributed by atoms with Gasteiger partial charge in [-0.2, -0.15) is 0 Å². The molecule has 0 aromatic heterocycles. The maximum absolute atomic E-state index is 11.3. The van der Waals surface area contributed by atoms with Crippen molar-refractivity contribution >= 4 is 17.7 Å². The van der Waals surface area contributed by atoms with E-state index in [0.29, 0.717) is 31.3 Å². The Morgan fingerprint density at radius 1 is 1.45 bits per heavy atom. The molecule has 0 radical (unpaired) electrons. The van der Waals surface area contributed by atoms with Crippen LogP contribution in [-0.4, -0.2) is 62.3 Å². The summed E-state index contributed by atoms with van der Waals surface area (Å²) in [6.07, 6.45) is -0.214. The zero-order valence-electron chi connectivity index (χ0n) is 11.5. The van der Waals surface area contributed by atoms with Gasteiger partial charge in [0.15, 0.2) is 0 Å². The Labute approximate surface area is 124 Å². The lowest BCUT2D eigenvalue weighted by molar-refractivity contribution is 0.154. The Kier molecular flexibility index (Phi) is 5.49. The van der Waals surface area contributed by atoms with E-state index in [-0.39, 0.29) is 6.09 Å². The highest BCUT2D eigenvalue weighted by atomic mass is 35.5. The van der Waals surface area contributed by atoms with Crippen LogP contribution in [0.4, 0.5) is 4.79 Å². The Bertz CT molecular complexity index is 456. The minimum atomic E-state index is -0.214. The molecular weight excluding hydrogens is 280 g/mol. The second kappa shape index (κ2) is 7.36. The summed E-state index contributed by atoms with van der Waals surface area (Å²) in [4.78, 5) is 15.1. The molecule has 5 nitrogen and oxygen atoms in total. The zero-order valence-corrected chi connectivity index (χ0v) is 12.3. The molecule has 2 rings (SSSR count). The fourth-order valence-corrected chi connectivity index (χ4v) is 2.09. The summed E-state index contributed by atoms with van der Waals surface area (Å²) >= 11 is 5.88. The Hall–Kier alpha value is -1.46. The molecule has 1 aliphatic heterocycles. The number of rotatable bonds is 7. The molecule has 1 aliphatic rings. The lowest BCUT2D eigenvalue weighted by Gasteiger charge is -2.20. The second-order valence-electron chi connectivity index (χ2n) is 4.71.